The van der Waals surface area contributed by atoms with Crippen molar-refractivity contribution in [2.45, 2.75) is 27.2 Å². The maximum atomic E-state index is 4.24. The van der Waals surface area contributed by atoms with Gasteiger partial charge in [-0.2, -0.15) is 0 Å². The minimum atomic E-state index is 0.942. The number of nitrogens with zero attached hydrogens (tertiary/aromatic N) is 1. The predicted molar refractivity (Wildman–Crippen MR) is 72.0 cm³/mol. The first-order valence-corrected chi connectivity index (χ1v) is 5.76. The molecule has 1 N–H and O–H groups in total. The highest BCUT2D eigenvalue weighted by atomic mass is 14.9. The molecule has 1 heterocycles. The molecule has 0 aliphatic carbocycles. The van der Waals surface area contributed by atoms with Gasteiger partial charge < -0.3 is 5.32 Å². The zero-order chi connectivity index (χ0) is 12.0. The van der Waals surface area contributed by atoms with Crippen LogP contribution < -0.4 is 5.32 Å². The van der Waals surface area contributed by atoms with E-state index in [1.54, 1.807) is 0 Å². The van der Waals surface area contributed by atoms with Crippen LogP contribution in [0.5, 0.6) is 0 Å². The molecule has 2 nitrogen and oxygen atoms in total. The normalized spacial score (nSPS) is 9.50. The Morgan fingerprint density at radius 2 is 1.88 bits per heavy atom. The van der Waals surface area contributed by atoms with Crippen LogP contribution >= 0.6 is 0 Å². The first-order valence-electron chi connectivity index (χ1n) is 5.76. The predicted octanol–water partition coefficient (Wildman–Crippen LogP) is 4.00. The maximum Gasteiger partial charge on any atom is 0.133 e. The van der Waals surface area contributed by atoms with Gasteiger partial charge in [-0.3, -0.25) is 0 Å². The highest BCUT2D eigenvalue weighted by Crippen LogP contribution is 2.21. The minimum Gasteiger partial charge on any atom is -0.373 e. The molecule has 2 rings (SSSR count). The molecular formula is C14H20N2. The second-order valence-electron chi connectivity index (χ2n) is 3.84. The van der Waals surface area contributed by atoms with Crippen LogP contribution in [0.3, 0.4) is 0 Å². The Balaban J connectivity index is 0.000000386. The average molecular weight is 216 g/mol. The Bertz CT molecular complexity index is 449. The summed E-state index contributed by atoms with van der Waals surface area (Å²) in [6, 6.07) is 8.40. The van der Waals surface area contributed by atoms with E-state index in [4.69, 9.17) is 0 Å². The Morgan fingerprint density at radius 3 is 2.50 bits per heavy atom. The molecule has 1 aromatic heterocycles. The maximum absolute atomic E-state index is 4.24. The summed E-state index contributed by atoms with van der Waals surface area (Å²) in [7, 11) is 1.89. The van der Waals surface area contributed by atoms with E-state index in [1.165, 1.54) is 22.8 Å². The largest absolute Gasteiger partial charge is 0.373 e. The van der Waals surface area contributed by atoms with Gasteiger partial charge in [-0.05, 0) is 18.4 Å². The monoisotopic (exact) mass is 216 g/mol. The van der Waals surface area contributed by atoms with Gasteiger partial charge in [0.1, 0.15) is 5.82 Å². The Hall–Kier alpha value is -1.57. The summed E-state index contributed by atoms with van der Waals surface area (Å²) in [5.74, 6) is 0.942. The molecule has 0 spiro atoms. The summed E-state index contributed by atoms with van der Waals surface area (Å²) in [5, 5.41) is 5.49. The van der Waals surface area contributed by atoms with Crippen LogP contribution in [0.1, 0.15) is 25.8 Å². The van der Waals surface area contributed by atoms with Crippen LogP contribution in [0, 0.1) is 6.92 Å². The lowest BCUT2D eigenvalue weighted by atomic mass is 10.1. The number of aromatic nitrogens is 1. The summed E-state index contributed by atoms with van der Waals surface area (Å²) < 4.78 is 0. The zero-order valence-electron chi connectivity index (χ0n) is 10.5. The minimum absolute atomic E-state index is 0.942. The van der Waals surface area contributed by atoms with Crippen molar-refractivity contribution in [2.75, 3.05) is 12.4 Å². The van der Waals surface area contributed by atoms with Crippen molar-refractivity contribution in [2.24, 2.45) is 0 Å². The van der Waals surface area contributed by atoms with Crippen molar-refractivity contribution in [1.29, 1.82) is 0 Å². The van der Waals surface area contributed by atoms with E-state index in [9.17, 15) is 0 Å². The van der Waals surface area contributed by atoms with Crippen molar-refractivity contribution in [3.8, 4) is 0 Å². The molecule has 0 saturated heterocycles. The second-order valence-corrected chi connectivity index (χ2v) is 3.84. The molecule has 0 bridgehead atoms. The van der Waals surface area contributed by atoms with Crippen LogP contribution in [0.2, 0.25) is 0 Å². The van der Waals surface area contributed by atoms with Crippen LogP contribution in [0.4, 0.5) is 5.82 Å². The molecule has 2 aromatic rings. The number of anilines is 1. The fourth-order valence-electron chi connectivity index (χ4n) is 1.50. The van der Waals surface area contributed by atoms with Gasteiger partial charge in [-0.15, -0.1) is 0 Å². The van der Waals surface area contributed by atoms with Crippen molar-refractivity contribution in [1.82, 2.24) is 4.98 Å². The molecule has 0 saturated carbocycles. The van der Waals surface area contributed by atoms with Gasteiger partial charge in [-0.1, -0.05) is 44.0 Å². The lowest BCUT2D eigenvalue weighted by Gasteiger charge is -2.04. The van der Waals surface area contributed by atoms with Crippen LogP contribution in [-0.2, 0) is 0 Å². The molecule has 0 atom stereocenters. The van der Waals surface area contributed by atoms with Crippen molar-refractivity contribution >= 4 is 16.6 Å². The molecular weight excluding hydrogens is 196 g/mol. The van der Waals surface area contributed by atoms with Gasteiger partial charge in [0.05, 0.1) is 0 Å². The van der Waals surface area contributed by atoms with Crippen molar-refractivity contribution < 1.29 is 0 Å². The quantitative estimate of drug-likeness (QED) is 0.779. The van der Waals surface area contributed by atoms with E-state index >= 15 is 0 Å². The molecule has 0 radical (unpaired) electrons. The van der Waals surface area contributed by atoms with E-state index in [2.05, 4.69) is 49.3 Å². The van der Waals surface area contributed by atoms with Crippen molar-refractivity contribution in [3.05, 3.63) is 36.0 Å². The van der Waals surface area contributed by atoms with Crippen LogP contribution in [-0.4, -0.2) is 12.0 Å². The van der Waals surface area contributed by atoms with Gasteiger partial charge >= 0.3 is 0 Å². The summed E-state index contributed by atoms with van der Waals surface area (Å²) >= 11 is 0. The number of rotatable bonds is 1. The number of nitrogens with one attached hydrogen (secondary N) is 1. The lowest BCUT2D eigenvalue weighted by molar-refractivity contribution is 1.09. The van der Waals surface area contributed by atoms with Gasteiger partial charge in [0, 0.05) is 18.6 Å². The van der Waals surface area contributed by atoms with Gasteiger partial charge in [-0.25, -0.2) is 4.98 Å². The number of benzene rings is 1. The van der Waals surface area contributed by atoms with Gasteiger partial charge in [0.2, 0.25) is 0 Å². The number of pyridine rings is 1. The Labute approximate surface area is 97.7 Å². The molecule has 86 valence electrons. The number of hydrogen-bond acceptors (Lipinski definition) is 2. The van der Waals surface area contributed by atoms with Crippen LogP contribution in [0.15, 0.2) is 30.5 Å². The highest BCUT2D eigenvalue weighted by Gasteiger charge is 1.98. The Morgan fingerprint density at radius 1 is 1.19 bits per heavy atom. The first-order chi connectivity index (χ1) is 7.72. The summed E-state index contributed by atoms with van der Waals surface area (Å²) in [4.78, 5) is 4.24. The lowest BCUT2D eigenvalue weighted by Crippen LogP contribution is -1.92. The standard InChI is InChI=1S/C11H12N2.C3H8/c1-8-3-4-10-9(7-8)5-6-13-11(10)12-2;1-3-2/h3-7H,1-2H3,(H,12,13);3H2,1-2H3. The SMILES string of the molecule is CCC.CNc1nccc2cc(C)ccc12. The zero-order valence-corrected chi connectivity index (χ0v) is 10.5. The molecule has 0 aliphatic heterocycles. The third-order valence-electron chi connectivity index (χ3n) is 2.16. The molecule has 2 heteroatoms. The number of aryl methyl sites for hydroxylation is 1. The second kappa shape index (κ2) is 6.11. The molecule has 1 aromatic carbocycles. The first kappa shape index (κ1) is 12.5. The summed E-state index contributed by atoms with van der Waals surface area (Å²) in [5.41, 5.74) is 1.28. The van der Waals surface area contributed by atoms with Crippen LogP contribution in [0.25, 0.3) is 10.8 Å². The van der Waals surface area contributed by atoms with E-state index in [0.717, 1.165) is 5.82 Å². The fourth-order valence-corrected chi connectivity index (χ4v) is 1.50. The molecule has 16 heavy (non-hydrogen) atoms. The smallest absolute Gasteiger partial charge is 0.133 e. The topological polar surface area (TPSA) is 24.9 Å². The number of fused-ring (bicyclic) bond motifs is 1. The molecule has 0 unspecified atom stereocenters. The molecule has 0 aliphatic rings. The van der Waals surface area contributed by atoms with Crippen molar-refractivity contribution in [3.63, 3.8) is 0 Å². The third kappa shape index (κ3) is 2.96. The highest BCUT2D eigenvalue weighted by molar-refractivity contribution is 5.91. The van der Waals surface area contributed by atoms with E-state index < -0.39 is 0 Å². The molecule has 0 amide bonds. The average Bonchev–Trinajstić information content (AvgIpc) is 2.28. The van der Waals surface area contributed by atoms with Gasteiger partial charge in [0.15, 0.2) is 0 Å². The summed E-state index contributed by atoms with van der Waals surface area (Å²) in [6.45, 7) is 6.35. The number of hydrogen-bond donors (Lipinski definition) is 1. The van der Waals surface area contributed by atoms with E-state index in [0.29, 0.717) is 0 Å². The fraction of sp³-hybridized carbons (Fsp3) is 0.357. The van der Waals surface area contributed by atoms with E-state index in [1.807, 2.05) is 19.3 Å². The third-order valence-corrected chi connectivity index (χ3v) is 2.16. The molecule has 0 fully saturated rings. The Kier molecular flexibility index (Phi) is 4.77. The van der Waals surface area contributed by atoms with E-state index in [-0.39, 0.29) is 0 Å². The van der Waals surface area contributed by atoms with Gasteiger partial charge in [0.25, 0.3) is 0 Å². The summed E-state index contributed by atoms with van der Waals surface area (Å²) in [6.07, 6.45) is 3.08.